The molecule has 0 aliphatic carbocycles. The Hall–Kier alpha value is -3.67. The van der Waals surface area contributed by atoms with Gasteiger partial charge in [0.1, 0.15) is 41.8 Å². The van der Waals surface area contributed by atoms with Crippen molar-refractivity contribution in [2.45, 2.75) is 13.1 Å². The summed E-state index contributed by atoms with van der Waals surface area (Å²) in [7, 11) is 1.40. The van der Waals surface area contributed by atoms with Crippen LogP contribution in [-0.2, 0) is 22.3 Å². The highest BCUT2D eigenvalue weighted by atomic mass is 35.5. The van der Waals surface area contributed by atoms with Crippen molar-refractivity contribution >= 4 is 46.1 Å². The third kappa shape index (κ3) is 7.29. The van der Waals surface area contributed by atoms with Crippen molar-refractivity contribution in [3.05, 3.63) is 101 Å². The van der Waals surface area contributed by atoms with Crippen molar-refractivity contribution in [1.82, 2.24) is 15.3 Å². The van der Waals surface area contributed by atoms with Crippen molar-refractivity contribution < 1.29 is 28.2 Å². The highest BCUT2D eigenvalue weighted by Crippen LogP contribution is 2.32. The largest absolute Gasteiger partial charge is 0.487 e. The molecular weight excluding hydrogens is 555 g/mol. The summed E-state index contributed by atoms with van der Waals surface area (Å²) in [4.78, 5) is 13.2. The van der Waals surface area contributed by atoms with Gasteiger partial charge < -0.3 is 19.8 Å². The van der Waals surface area contributed by atoms with Crippen LogP contribution in [0.15, 0.2) is 83.5 Å². The van der Waals surface area contributed by atoms with E-state index in [1.54, 1.807) is 30.3 Å². The number of fused-ring (bicyclic) bond motifs is 1. The van der Waals surface area contributed by atoms with Crippen LogP contribution >= 0.6 is 23.6 Å². The molecule has 11 heteroatoms. The third-order valence-corrected chi connectivity index (χ3v) is 6.36. The Morgan fingerprint density at radius 3 is 2.85 bits per heavy atom. The first-order valence-corrected chi connectivity index (χ1v) is 13.3. The highest BCUT2D eigenvalue weighted by molar-refractivity contribution is 7.94. The van der Waals surface area contributed by atoms with E-state index in [-0.39, 0.29) is 22.1 Å². The minimum Gasteiger partial charge on any atom is -0.487 e. The van der Waals surface area contributed by atoms with E-state index >= 15 is 0 Å². The van der Waals surface area contributed by atoms with Crippen LogP contribution in [0.1, 0.15) is 16.8 Å². The Morgan fingerprint density at radius 2 is 2.00 bits per heavy atom. The molecular formula is C29H26ClFN4O4S. The van der Waals surface area contributed by atoms with Crippen LogP contribution in [0.25, 0.3) is 22.2 Å². The predicted octanol–water partition coefficient (Wildman–Crippen LogP) is 7.32. The number of aromatic nitrogens is 2. The third-order valence-electron chi connectivity index (χ3n) is 5.46. The summed E-state index contributed by atoms with van der Waals surface area (Å²) in [5, 5.41) is 6.80. The maximum absolute atomic E-state index is 13.6. The molecule has 0 bridgehead atoms. The summed E-state index contributed by atoms with van der Waals surface area (Å²) in [5.41, 5.74) is 1.90. The van der Waals surface area contributed by atoms with E-state index in [2.05, 4.69) is 25.5 Å². The molecule has 8 nitrogen and oxygen atoms in total. The number of furan rings is 1. The Kier molecular flexibility index (Phi) is 7.85. The van der Waals surface area contributed by atoms with Gasteiger partial charge in [0.05, 0.1) is 29.6 Å². The van der Waals surface area contributed by atoms with Gasteiger partial charge in [-0.15, -0.1) is 0 Å². The molecule has 40 heavy (non-hydrogen) atoms. The van der Waals surface area contributed by atoms with Gasteiger partial charge in [0, 0.05) is 41.0 Å². The van der Waals surface area contributed by atoms with E-state index in [0.29, 0.717) is 46.0 Å². The summed E-state index contributed by atoms with van der Waals surface area (Å²) < 4.78 is 62.9. The van der Waals surface area contributed by atoms with Gasteiger partial charge in [-0.05, 0) is 66.2 Å². The smallest absolute Gasteiger partial charge is 0.141 e. The van der Waals surface area contributed by atoms with Crippen molar-refractivity contribution in [1.29, 1.82) is 0 Å². The molecule has 0 radical (unpaired) electrons. The van der Waals surface area contributed by atoms with E-state index in [1.807, 2.05) is 12.1 Å². The molecule has 0 unspecified atom stereocenters. The van der Waals surface area contributed by atoms with E-state index in [0.717, 1.165) is 18.1 Å². The van der Waals surface area contributed by atoms with Gasteiger partial charge in [0.25, 0.3) is 0 Å². The second-order valence-electron chi connectivity index (χ2n) is 8.21. The van der Waals surface area contributed by atoms with E-state index in [1.165, 1.54) is 37.7 Å². The Labute approximate surface area is 245 Å². The van der Waals surface area contributed by atoms with Crippen LogP contribution in [0.2, 0.25) is 5.02 Å². The summed E-state index contributed by atoms with van der Waals surface area (Å²) in [6.45, 7) is -3.92. The first-order valence-electron chi connectivity index (χ1n) is 14.0. The number of anilines is 2. The quantitative estimate of drug-likeness (QED) is 0.0639. The molecule has 3 aromatic carbocycles. The summed E-state index contributed by atoms with van der Waals surface area (Å²) in [5.74, 6) is 1.00. The van der Waals surface area contributed by atoms with Crippen LogP contribution in [0.3, 0.4) is 0 Å². The molecule has 0 aliphatic rings. The van der Waals surface area contributed by atoms with Crippen LogP contribution in [0, 0.1) is 5.82 Å². The predicted molar refractivity (Wildman–Crippen MR) is 155 cm³/mol. The van der Waals surface area contributed by atoms with Gasteiger partial charge in [-0.3, -0.25) is 0 Å². The lowest BCUT2D eigenvalue weighted by molar-refractivity contribution is -0.160. The summed E-state index contributed by atoms with van der Waals surface area (Å²) >= 11 is 7.49. The van der Waals surface area contributed by atoms with Crippen molar-refractivity contribution in [2.24, 2.45) is 0 Å². The van der Waals surface area contributed by atoms with Gasteiger partial charge in [-0.1, -0.05) is 23.7 Å². The Balaban J connectivity index is 1.33. The fourth-order valence-electron chi connectivity index (χ4n) is 3.66. The molecule has 0 atom stereocenters. The number of nitrogens with zero attached hydrogens (tertiary/aromatic N) is 2. The van der Waals surface area contributed by atoms with Gasteiger partial charge in [0.2, 0.25) is 0 Å². The normalized spacial score (nSPS) is 13.4. The Bertz CT molecular complexity index is 1760. The molecule has 206 valence electrons. The molecule has 0 spiro atoms. The maximum Gasteiger partial charge on any atom is 0.141 e. The van der Waals surface area contributed by atoms with Crippen LogP contribution in [0.5, 0.6) is 5.75 Å². The van der Waals surface area contributed by atoms with Gasteiger partial charge in [-0.2, -0.15) is 4.33 Å². The molecule has 0 fully saturated rings. The monoisotopic (exact) mass is 584 g/mol. The molecule has 2 N–H and O–H groups in total. The van der Waals surface area contributed by atoms with Crippen LogP contribution < -0.4 is 15.4 Å². The Morgan fingerprint density at radius 1 is 1.07 bits per heavy atom. The lowest BCUT2D eigenvalue weighted by Crippen LogP contribution is -2.16. The van der Waals surface area contributed by atoms with E-state index in [4.69, 9.17) is 30.6 Å². The minimum absolute atomic E-state index is 0.0160. The van der Waals surface area contributed by atoms with Gasteiger partial charge >= 0.3 is 0 Å². The van der Waals surface area contributed by atoms with E-state index < -0.39 is 18.9 Å². The molecule has 5 aromatic rings. The molecule has 5 rings (SSSR count). The maximum atomic E-state index is 13.6. The molecule has 2 aromatic heterocycles. The second kappa shape index (κ2) is 13.6. The lowest BCUT2D eigenvalue weighted by atomic mass is 10.1. The van der Waals surface area contributed by atoms with Crippen LogP contribution in [-0.4, -0.2) is 29.4 Å². The highest BCUT2D eigenvalue weighted by Gasteiger charge is 2.11. The van der Waals surface area contributed by atoms with Crippen LogP contribution in [0.4, 0.5) is 15.9 Å². The number of hydrogen-bond acceptors (Lipinski definition) is 9. The molecule has 2 heterocycles. The topological polar surface area (TPSA) is 90.7 Å². The zero-order valence-corrected chi connectivity index (χ0v) is 22.7. The van der Waals surface area contributed by atoms with Crippen molar-refractivity contribution in [3.63, 3.8) is 0 Å². The van der Waals surface area contributed by atoms with Crippen molar-refractivity contribution in [3.8, 4) is 17.1 Å². The average molecular weight is 585 g/mol. The first kappa shape index (κ1) is 23.1. The fraction of sp³-hybridized carbons (Fsp3) is 0.172. The van der Waals surface area contributed by atoms with Crippen molar-refractivity contribution in [2.75, 3.05) is 24.7 Å². The fourth-order valence-corrected chi connectivity index (χ4v) is 4.23. The number of hydrogen-bond donors (Lipinski definition) is 2. The molecule has 0 amide bonds. The number of benzene rings is 3. The number of rotatable bonds is 13. The van der Waals surface area contributed by atoms with E-state index in [9.17, 15) is 4.39 Å². The zero-order chi connectivity index (χ0) is 31.3. The summed E-state index contributed by atoms with van der Waals surface area (Å²) in [6, 6.07) is 18.6. The minimum atomic E-state index is -2.32. The summed E-state index contributed by atoms with van der Waals surface area (Å²) in [6.07, 6.45) is 1.41. The zero-order valence-electron chi connectivity index (χ0n) is 25.1. The molecule has 0 saturated heterocycles. The number of nitrogens with one attached hydrogen (secondary N) is 2. The van der Waals surface area contributed by atoms with Gasteiger partial charge in [-0.25, -0.2) is 19.2 Å². The molecule has 0 saturated carbocycles. The SMILES string of the molecule is [2H]C([2H])(NCCSOOC)c1ccc(-c2ccc3ncnc(Nc4ccc(OC([2H])([2H])c5cccc(F)c5)c(Cl)c4)c3c2)o1. The average Bonchev–Trinajstić information content (AvgIpc) is 3.50. The lowest BCUT2D eigenvalue weighted by Gasteiger charge is -2.12. The number of ether oxygens (including phenoxy) is 1. The standard InChI is InChI=1S/C29H26ClFN4O4S/c1-36-39-40-12-11-32-16-23-7-10-27(38-23)20-5-8-26-24(14-20)29(34-18-33-26)35-22-6-9-28(25(30)15-22)37-17-19-3-2-4-21(31)13-19/h2-10,13-15,18,32H,11-12,16-17H2,1H3,(H,33,34,35)/i16D2,17D2. The van der Waals surface area contributed by atoms with Gasteiger partial charge in [0.15, 0.2) is 0 Å². The first-order chi connectivity index (χ1) is 21.1. The number of halogens is 2. The second-order valence-corrected chi connectivity index (χ2v) is 9.40. The molecule has 0 aliphatic heterocycles.